The second-order valence-corrected chi connectivity index (χ2v) is 5.99. The van der Waals surface area contributed by atoms with Gasteiger partial charge in [0.15, 0.2) is 0 Å². The number of nitrogens with one attached hydrogen (secondary N) is 2. The molecule has 1 aliphatic carbocycles. The quantitative estimate of drug-likeness (QED) is 0.852. The van der Waals surface area contributed by atoms with Crippen LogP contribution in [0.15, 0.2) is 24.3 Å². The first-order valence-corrected chi connectivity index (χ1v) is 7.35. The van der Waals surface area contributed by atoms with Gasteiger partial charge in [-0.2, -0.15) is 0 Å². The molecule has 0 radical (unpaired) electrons. The van der Waals surface area contributed by atoms with E-state index >= 15 is 0 Å². The predicted octanol–water partition coefficient (Wildman–Crippen LogP) is 2.89. The number of carbonyl (C=O) groups excluding carboxylic acids is 1. The molecule has 1 aliphatic heterocycles. The smallest absolute Gasteiger partial charge is 0.229 e. The normalized spacial score (nSPS) is 22.5. The summed E-state index contributed by atoms with van der Waals surface area (Å²) in [6.07, 6.45) is 5.01. The molecular formula is C16H22N2O. The minimum absolute atomic E-state index is 0.0198. The van der Waals surface area contributed by atoms with Crippen LogP contribution in [0.4, 0.5) is 5.69 Å². The summed E-state index contributed by atoms with van der Waals surface area (Å²) < 4.78 is 0. The zero-order valence-electron chi connectivity index (χ0n) is 11.5. The lowest BCUT2D eigenvalue weighted by Gasteiger charge is -2.17. The summed E-state index contributed by atoms with van der Waals surface area (Å²) in [5.41, 5.74) is 2.67. The van der Waals surface area contributed by atoms with E-state index in [2.05, 4.69) is 23.6 Å². The van der Waals surface area contributed by atoms with Crippen molar-refractivity contribution in [3.05, 3.63) is 29.8 Å². The number of fused-ring (bicyclic) bond motifs is 1. The summed E-state index contributed by atoms with van der Waals surface area (Å²) in [5.74, 6) is 0.161. The Morgan fingerprint density at radius 3 is 2.95 bits per heavy atom. The Bertz CT molecular complexity index is 479. The molecule has 1 aromatic carbocycles. The molecule has 1 fully saturated rings. The maximum absolute atomic E-state index is 12.3. The highest BCUT2D eigenvalue weighted by Crippen LogP contribution is 2.49. The number of hydrogen-bond donors (Lipinski definition) is 2. The van der Waals surface area contributed by atoms with Gasteiger partial charge >= 0.3 is 0 Å². The molecule has 1 unspecified atom stereocenters. The Morgan fingerprint density at radius 1 is 1.42 bits per heavy atom. The zero-order chi connectivity index (χ0) is 13.3. The summed E-state index contributed by atoms with van der Waals surface area (Å²) >= 11 is 0. The maximum atomic E-state index is 12.3. The second kappa shape index (κ2) is 4.87. The van der Waals surface area contributed by atoms with Crippen LogP contribution in [-0.4, -0.2) is 19.0 Å². The van der Waals surface area contributed by atoms with Crippen molar-refractivity contribution in [3.8, 4) is 0 Å². The standard InChI is InChI=1S/C16H22N2O/c1-2-7-16(8-9-16)11-18-15(19)13-10-17-14-6-4-3-5-12(13)14/h3-6,13,17H,2,7-11H2,1H3,(H,18,19). The van der Waals surface area contributed by atoms with E-state index in [4.69, 9.17) is 0 Å². The fourth-order valence-corrected chi connectivity index (χ4v) is 3.14. The number of amides is 1. The van der Waals surface area contributed by atoms with Gasteiger partial charge in [0, 0.05) is 18.8 Å². The molecule has 1 saturated carbocycles. The van der Waals surface area contributed by atoms with Crippen LogP contribution in [0.2, 0.25) is 0 Å². The van der Waals surface area contributed by atoms with Crippen LogP contribution in [0, 0.1) is 5.41 Å². The highest BCUT2D eigenvalue weighted by atomic mass is 16.1. The van der Waals surface area contributed by atoms with E-state index in [1.807, 2.05) is 18.2 Å². The molecule has 0 spiro atoms. The number of para-hydroxylation sites is 1. The van der Waals surface area contributed by atoms with E-state index in [1.165, 1.54) is 25.7 Å². The Morgan fingerprint density at radius 2 is 2.21 bits per heavy atom. The summed E-state index contributed by atoms with van der Waals surface area (Å²) in [5, 5.41) is 6.48. The van der Waals surface area contributed by atoms with Gasteiger partial charge in [0.1, 0.15) is 0 Å². The van der Waals surface area contributed by atoms with Crippen molar-refractivity contribution in [1.82, 2.24) is 5.32 Å². The van der Waals surface area contributed by atoms with Crippen LogP contribution in [0.3, 0.4) is 0 Å². The van der Waals surface area contributed by atoms with Crippen molar-refractivity contribution in [2.45, 2.75) is 38.5 Å². The molecule has 19 heavy (non-hydrogen) atoms. The van der Waals surface area contributed by atoms with Crippen LogP contribution >= 0.6 is 0 Å². The van der Waals surface area contributed by atoms with Gasteiger partial charge in [-0.15, -0.1) is 0 Å². The molecule has 3 nitrogen and oxygen atoms in total. The minimum Gasteiger partial charge on any atom is -0.384 e. The van der Waals surface area contributed by atoms with Gasteiger partial charge < -0.3 is 10.6 Å². The molecule has 3 heteroatoms. The molecule has 3 rings (SSSR count). The molecule has 1 heterocycles. The van der Waals surface area contributed by atoms with Crippen molar-refractivity contribution in [2.75, 3.05) is 18.4 Å². The SMILES string of the molecule is CCCC1(CNC(=O)C2CNc3ccccc32)CC1. The van der Waals surface area contributed by atoms with Crippen LogP contribution in [-0.2, 0) is 4.79 Å². The number of rotatable bonds is 5. The Kier molecular flexibility index (Phi) is 3.21. The summed E-state index contributed by atoms with van der Waals surface area (Å²) in [6, 6.07) is 8.11. The predicted molar refractivity (Wildman–Crippen MR) is 77.3 cm³/mol. The Labute approximate surface area is 114 Å². The van der Waals surface area contributed by atoms with Gasteiger partial charge in [0.2, 0.25) is 5.91 Å². The number of carbonyl (C=O) groups is 1. The van der Waals surface area contributed by atoms with Crippen molar-refractivity contribution in [2.24, 2.45) is 5.41 Å². The first-order chi connectivity index (χ1) is 9.24. The zero-order valence-corrected chi connectivity index (χ0v) is 11.5. The lowest BCUT2D eigenvalue weighted by molar-refractivity contribution is -0.122. The van der Waals surface area contributed by atoms with Crippen LogP contribution in [0.1, 0.15) is 44.1 Å². The van der Waals surface area contributed by atoms with Crippen molar-refractivity contribution in [3.63, 3.8) is 0 Å². The van der Waals surface area contributed by atoms with Gasteiger partial charge in [0.25, 0.3) is 0 Å². The van der Waals surface area contributed by atoms with E-state index in [-0.39, 0.29) is 11.8 Å². The third kappa shape index (κ3) is 2.46. The monoisotopic (exact) mass is 258 g/mol. The molecule has 102 valence electrons. The van der Waals surface area contributed by atoms with Gasteiger partial charge in [-0.3, -0.25) is 4.79 Å². The maximum Gasteiger partial charge on any atom is 0.229 e. The molecule has 0 aromatic heterocycles. The fourth-order valence-electron chi connectivity index (χ4n) is 3.14. The average molecular weight is 258 g/mol. The number of anilines is 1. The van der Waals surface area contributed by atoms with Crippen LogP contribution < -0.4 is 10.6 Å². The van der Waals surface area contributed by atoms with Crippen molar-refractivity contribution >= 4 is 11.6 Å². The van der Waals surface area contributed by atoms with E-state index < -0.39 is 0 Å². The molecular weight excluding hydrogens is 236 g/mol. The van der Waals surface area contributed by atoms with E-state index in [9.17, 15) is 4.79 Å². The lowest BCUT2D eigenvalue weighted by atomic mass is 9.98. The first-order valence-electron chi connectivity index (χ1n) is 7.35. The van der Waals surface area contributed by atoms with Crippen LogP contribution in [0.25, 0.3) is 0 Å². The summed E-state index contributed by atoms with van der Waals surface area (Å²) in [6.45, 7) is 3.81. The van der Waals surface area contributed by atoms with Gasteiger partial charge in [-0.25, -0.2) is 0 Å². The Balaban J connectivity index is 1.60. The topological polar surface area (TPSA) is 41.1 Å². The summed E-state index contributed by atoms with van der Waals surface area (Å²) in [4.78, 5) is 12.3. The molecule has 0 bridgehead atoms. The van der Waals surface area contributed by atoms with E-state index in [1.54, 1.807) is 0 Å². The van der Waals surface area contributed by atoms with Crippen molar-refractivity contribution in [1.29, 1.82) is 0 Å². The summed E-state index contributed by atoms with van der Waals surface area (Å²) in [7, 11) is 0. The first kappa shape index (κ1) is 12.5. The van der Waals surface area contributed by atoms with Crippen molar-refractivity contribution < 1.29 is 4.79 Å². The Hall–Kier alpha value is -1.51. The van der Waals surface area contributed by atoms with E-state index in [0.29, 0.717) is 5.41 Å². The largest absolute Gasteiger partial charge is 0.384 e. The highest BCUT2D eigenvalue weighted by molar-refractivity contribution is 5.88. The third-order valence-corrected chi connectivity index (χ3v) is 4.52. The van der Waals surface area contributed by atoms with Gasteiger partial charge in [-0.05, 0) is 36.3 Å². The third-order valence-electron chi connectivity index (χ3n) is 4.52. The second-order valence-electron chi connectivity index (χ2n) is 5.99. The molecule has 1 atom stereocenters. The van der Waals surface area contributed by atoms with E-state index in [0.717, 1.165) is 24.3 Å². The molecule has 2 N–H and O–H groups in total. The minimum atomic E-state index is -0.0198. The number of benzene rings is 1. The lowest BCUT2D eigenvalue weighted by Crippen LogP contribution is -2.34. The fraction of sp³-hybridized carbons (Fsp3) is 0.562. The highest BCUT2D eigenvalue weighted by Gasteiger charge is 2.42. The van der Waals surface area contributed by atoms with Crippen LogP contribution in [0.5, 0.6) is 0 Å². The van der Waals surface area contributed by atoms with Gasteiger partial charge in [0.05, 0.1) is 5.92 Å². The average Bonchev–Trinajstić information content (AvgIpc) is 3.05. The molecule has 0 saturated heterocycles. The molecule has 1 amide bonds. The molecule has 1 aromatic rings. The van der Waals surface area contributed by atoms with Gasteiger partial charge in [-0.1, -0.05) is 31.5 Å². The number of hydrogen-bond acceptors (Lipinski definition) is 2. The molecule has 2 aliphatic rings.